The van der Waals surface area contributed by atoms with Crippen LogP contribution in [-0.2, 0) is 0 Å². The summed E-state index contributed by atoms with van der Waals surface area (Å²) >= 11 is 0. The number of rotatable bonds is 2. The summed E-state index contributed by atoms with van der Waals surface area (Å²) in [5.41, 5.74) is -0.807. The van der Waals surface area contributed by atoms with Gasteiger partial charge in [0, 0.05) is 5.56 Å². The van der Waals surface area contributed by atoms with Gasteiger partial charge in [-0.05, 0) is 11.1 Å². The van der Waals surface area contributed by atoms with E-state index in [9.17, 15) is 13.2 Å². The fourth-order valence-electron chi connectivity index (χ4n) is 2.50. The van der Waals surface area contributed by atoms with Crippen LogP contribution in [0.25, 0.3) is 22.3 Å². The van der Waals surface area contributed by atoms with Crippen molar-refractivity contribution >= 4 is 0 Å². The summed E-state index contributed by atoms with van der Waals surface area (Å²) in [6.07, 6.45) is 0. The van der Waals surface area contributed by atoms with Crippen molar-refractivity contribution in [3.05, 3.63) is 83.7 Å². The molecule has 0 aliphatic carbocycles. The van der Waals surface area contributed by atoms with Crippen molar-refractivity contribution in [1.82, 2.24) is 0 Å². The van der Waals surface area contributed by atoms with E-state index in [0.717, 1.165) is 0 Å². The number of hydrogen-bond donors (Lipinski definition) is 0. The van der Waals surface area contributed by atoms with Crippen LogP contribution in [0.3, 0.4) is 0 Å². The average molecular weight is 309 g/mol. The van der Waals surface area contributed by atoms with E-state index >= 15 is 0 Å². The van der Waals surface area contributed by atoms with Gasteiger partial charge in [0.2, 0.25) is 0 Å². The largest absolute Gasteiger partial charge is 0.205 e. The van der Waals surface area contributed by atoms with Crippen LogP contribution in [0.1, 0.15) is 5.56 Å². The Morgan fingerprint density at radius 2 is 1.09 bits per heavy atom. The van der Waals surface area contributed by atoms with E-state index in [0.29, 0.717) is 5.56 Å². The molecule has 0 aromatic heterocycles. The summed E-state index contributed by atoms with van der Waals surface area (Å²) in [5.74, 6) is -3.64. The predicted molar refractivity (Wildman–Crippen MR) is 81.9 cm³/mol. The molecule has 23 heavy (non-hydrogen) atoms. The van der Waals surface area contributed by atoms with E-state index < -0.39 is 28.6 Å². The minimum absolute atomic E-state index is 0.211. The third-order valence-corrected chi connectivity index (χ3v) is 3.56. The molecule has 0 spiro atoms. The number of halogens is 3. The molecule has 0 saturated carbocycles. The molecule has 112 valence electrons. The van der Waals surface area contributed by atoms with Gasteiger partial charge < -0.3 is 0 Å². The molecule has 0 fully saturated rings. The van der Waals surface area contributed by atoms with Gasteiger partial charge in [0.1, 0.15) is 17.4 Å². The highest BCUT2D eigenvalue weighted by Crippen LogP contribution is 2.37. The molecule has 0 aliphatic rings. The number of benzene rings is 3. The first-order valence-electron chi connectivity index (χ1n) is 6.86. The SMILES string of the molecule is N#Cc1c(F)c(F)c(-c2ccccc2)c(F)c1-c1ccccc1. The monoisotopic (exact) mass is 309 g/mol. The first-order valence-corrected chi connectivity index (χ1v) is 6.86. The summed E-state index contributed by atoms with van der Waals surface area (Å²) in [6, 6.07) is 17.5. The topological polar surface area (TPSA) is 23.8 Å². The minimum atomic E-state index is -1.36. The average Bonchev–Trinajstić information content (AvgIpc) is 2.59. The molecule has 3 aromatic carbocycles. The minimum Gasteiger partial charge on any atom is -0.205 e. The number of hydrogen-bond acceptors (Lipinski definition) is 1. The Balaban J connectivity index is 2.41. The van der Waals surface area contributed by atoms with Crippen LogP contribution in [0.4, 0.5) is 13.2 Å². The van der Waals surface area contributed by atoms with Crippen LogP contribution in [0, 0.1) is 28.8 Å². The van der Waals surface area contributed by atoms with Crippen LogP contribution >= 0.6 is 0 Å². The molecule has 3 aromatic rings. The van der Waals surface area contributed by atoms with Crippen LogP contribution < -0.4 is 0 Å². The lowest BCUT2D eigenvalue weighted by molar-refractivity contribution is 0.497. The lowest BCUT2D eigenvalue weighted by Gasteiger charge is -2.13. The highest BCUT2D eigenvalue weighted by atomic mass is 19.2. The second kappa shape index (κ2) is 5.98. The summed E-state index contributed by atoms with van der Waals surface area (Å²) in [5, 5.41) is 9.15. The highest BCUT2D eigenvalue weighted by molar-refractivity contribution is 5.79. The summed E-state index contributed by atoms with van der Waals surface area (Å²) in [7, 11) is 0. The maximum absolute atomic E-state index is 15.0. The Labute approximate surface area is 131 Å². The van der Waals surface area contributed by atoms with E-state index in [1.807, 2.05) is 0 Å². The molecule has 0 heterocycles. The molecule has 0 N–H and O–H groups in total. The second-order valence-electron chi connectivity index (χ2n) is 4.91. The normalized spacial score (nSPS) is 10.3. The molecular formula is C19H10F3N. The molecule has 0 aliphatic heterocycles. The van der Waals surface area contributed by atoms with Gasteiger partial charge in [-0.25, -0.2) is 13.2 Å². The van der Waals surface area contributed by atoms with Crippen LogP contribution in [0.5, 0.6) is 0 Å². The molecule has 0 amide bonds. The molecule has 3 rings (SSSR count). The first-order chi connectivity index (χ1) is 11.1. The lowest BCUT2D eigenvalue weighted by atomic mass is 9.93. The Morgan fingerprint density at radius 3 is 1.57 bits per heavy atom. The van der Waals surface area contributed by atoms with Gasteiger partial charge in [0.25, 0.3) is 0 Å². The lowest BCUT2D eigenvalue weighted by Crippen LogP contribution is -2.03. The molecule has 0 bridgehead atoms. The Hall–Kier alpha value is -3.06. The summed E-state index contributed by atoms with van der Waals surface area (Å²) in [4.78, 5) is 0. The fourth-order valence-corrected chi connectivity index (χ4v) is 2.50. The van der Waals surface area contributed by atoms with Gasteiger partial charge in [-0.1, -0.05) is 60.7 Å². The van der Waals surface area contributed by atoms with Gasteiger partial charge in [-0.2, -0.15) is 5.26 Å². The van der Waals surface area contributed by atoms with Gasteiger partial charge in [-0.15, -0.1) is 0 Å². The van der Waals surface area contributed by atoms with Gasteiger partial charge >= 0.3 is 0 Å². The van der Waals surface area contributed by atoms with Gasteiger partial charge in [0.05, 0.1) is 5.56 Å². The molecule has 1 nitrogen and oxygen atoms in total. The number of nitriles is 1. The Bertz CT molecular complexity index is 898. The van der Waals surface area contributed by atoms with Crippen molar-refractivity contribution in [2.24, 2.45) is 0 Å². The third kappa shape index (κ3) is 2.47. The Kier molecular flexibility index (Phi) is 3.86. The van der Waals surface area contributed by atoms with Crippen molar-refractivity contribution in [3.8, 4) is 28.3 Å². The molecule has 0 saturated heterocycles. The van der Waals surface area contributed by atoms with Crippen molar-refractivity contribution in [3.63, 3.8) is 0 Å². The third-order valence-electron chi connectivity index (χ3n) is 3.56. The number of nitrogens with zero attached hydrogens (tertiary/aromatic N) is 1. The van der Waals surface area contributed by atoms with E-state index in [-0.39, 0.29) is 11.1 Å². The zero-order chi connectivity index (χ0) is 16.4. The smallest absolute Gasteiger partial charge is 0.178 e. The van der Waals surface area contributed by atoms with Crippen LogP contribution in [0.15, 0.2) is 60.7 Å². The zero-order valence-electron chi connectivity index (χ0n) is 11.9. The summed E-state index contributed by atoms with van der Waals surface area (Å²) in [6.45, 7) is 0. The van der Waals surface area contributed by atoms with Crippen molar-refractivity contribution < 1.29 is 13.2 Å². The van der Waals surface area contributed by atoms with E-state index in [1.165, 1.54) is 12.1 Å². The van der Waals surface area contributed by atoms with Crippen molar-refractivity contribution in [2.45, 2.75) is 0 Å². The summed E-state index contributed by atoms with van der Waals surface area (Å²) < 4.78 is 43.6. The maximum Gasteiger partial charge on any atom is 0.178 e. The standard InChI is InChI=1S/C19H10F3N/c20-17-14(11-23)15(12-7-3-1-4-8-12)18(21)16(19(17)22)13-9-5-2-6-10-13/h1-10H. The molecular weight excluding hydrogens is 299 g/mol. The molecule has 4 heteroatoms. The van der Waals surface area contributed by atoms with E-state index in [2.05, 4.69) is 0 Å². The quantitative estimate of drug-likeness (QED) is 0.589. The van der Waals surface area contributed by atoms with Crippen LogP contribution in [-0.4, -0.2) is 0 Å². The fraction of sp³-hybridized carbons (Fsp3) is 0. The van der Waals surface area contributed by atoms with Crippen molar-refractivity contribution in [2.75, 3.05) is 0 Å². The van der Waals surface area contributed by atoms with E-state index in [1.54, 1.807) is 54.6 Å². The van der Waals surface area contributed by atoms with Crippen LogP contribution in [0.2, 0.25) is 0 Å². The Morgan fingerprint density at radius 1 is 0.609 bits per heavy atom. The van der Waals surface area contributed by atoms with Crippen molar-refractivity contribution in [1.29, 1.82) is 5.26 Å². The van der Waals surface area contributed by atoms with Gasteiger partial charge in [-0.3, -0.25) is 0 Å². The molecule has 0 atom stereocenters. The second-order valence-corrected chi connectivity index (χ2v) is 4.91. The highest BCUT2D eigenvalue weighted by Gasteiger charge is 2.26. The first kappa shape index (κ1) is 14.9. The molecule has 0 unspecified atom stereocenters. The predicted octanol–water partition coefficient (Wildman–Crippen LogP) is 5.31. The van der Waals surface area contributed by atoms with Gasteiger partial charge in [0.15, 0.2) is 11.6 Å². The zero-order valence-corrected chi connectivity index (χ0v) is 11.9. The molecule has 0 radical (unpaired) electrons. The van der Waals surface area contributed by atoms with E-state index in [4.69, 9.17) is 5.26 Å². The maximum atomic E-state index is 15.0.